The number of carbonyl (C=O) groups excluding carboxylic acids is 1. The van der Waals surface area contributed by atoms with Crippen LogP contribution >= 0.6 is 0 Å². The van der Waals surface area contributed by atoms with Gasteiger partial charge in [0.05, 0.1) is 18.3 Å². The van der Waals surface area contributed by atoms with E-state index in [1.54, 1.807) is 0 Å². The number of aryl methyl sites for hydroxylation is 3. The lowest BCUT2D eigenvalue weighted by Crippen LogP contribution is -2.39. The molecule has 0 radical (unpaired) electrons. The van der Waals surface area contributed by atoms with Gasteiger partial charge in [0.1, 0.15) is 5.69 Å². The summed E-state index contributed by atoms with van der Waals surface area (Å²) >= 11 is 0. The topological polar surface area (TPSA) is 43.1 Å². The normalized spacial score (nSPS) is 17.6. The fourth-order valence-electron chi connectivity index (χ4n) is 3.99. The molecule has 4 rings (SSSR count). The van der Waals surface area contributed by atoms with Crippen LogP contribution in [-0.2, 0) is 13.6 Å². The van der Waals surface area contributed by atoms with Crippen molar-refractivity contribution in [2.75, 3.05) is 6.54 Å². The summed E-state index contributed by atoms with van der Waals surface area (Å²) < 4.78 is 4.05. The van der Waals surface area contributed by atoms with Gasteiger partial charge in [0, 0.05) is 30.2 Å². The van der Waals surface area contributed by atoms with Gasteiger partial charge in [-0.3, -0.25) is 9.48 Å². The van der Waals surface area contributed by atoms with E-state index in [1.165, 1.54) is 0 Å². The van der Waals surface area contributed by atoms with Crippen molar-refractivity contribution in [1.29, 1.82) is 0 Å². The summed E-state index contributed by atoms with van der Waals surface area (Å²) in [6.07, 6.45) is 2.09. The molecule has 0 saturated carbocycles. The standard InChI is InChI=1S/C20H24N4O/c1-14-11-15(2)24(21-14)13-17-8-6-10-23(17)20(25)19-12-16-7-4-5-9-18(16)22(19)3/h4-5,7,9,11-12,17H,6,8,10,13H2,1-3H3/t17-/m1/s1. The van der Waals surface area contributed by atoms with Crippen molar-refractivity contribution in [1.82, 2.24) is 19.2 Å². The van der Waals surface area contributed by atoms with Crippen LogP contribution in [0.5, 0.6) is 0 Å². The van der Waals surface area contributed by atoms with E-state index in [1.807, 2.05) is 46.3 Å². The molecule has 130 valence electrons. The summed E-state index contributed by atoms with van der Waals surface area (Å²) in [5.74, 6) is 0.128. The van der Waals surface area contributed by atoms with Crippen molar-refractivity contribution in [3.8, 4) is 0 Å². The van der Waals surface area contributed by atoms with Gasteiger partial charge < -0.3 is 9.47 Å². The Morgan fingerprint density at radius 1 is 1.24 bits per heavy atom. The maximum absolute atomic E-state index is 13.2. The number of benzene rings is 1. The van der Waals surface area contributed by atoms with E-state index in [0.717, 1.165) is 53.9 Å². The van der Waals surface area contributed by atoms with Crippen molar-refractivity contribution in [3.63, 3.8) is 0 Å². The van der Waals surface area contributed by atoms with Gasteiger partial charge in [-0.1, -0.05) is 18.2 Å². The van der Waals surface area contributed by atoms with Gasteiger partial charge in [0.2, 0.25) is 0 Å². The van der Waals surface area contributed by atoms with Crippen LogP contribution in [0.3, 0.4) is 0 Å². The first-order chi connectivity index (χ1) is 12.0. The summed E-state index contributed by atoms with van der Waals surface area (Å²) in [6.45, 7) is 5.68. The summed E-state index contributed by atoms with van der Waals surface area (Å²) in [6, 6.07) is 12.5. The van der Waals surface area contributed by atoms with Crippen molar-refractivity contribution in [3.05, 3.63) is 53.5 Å². The molecule has 3 heterocycles. The molecule has 1 amide bonds. The first-order valence-corrected chi connectivity index (χ1v) is 8.91. The van der Waals surface area contributed by atoms with Crippen LogP contribution in [-0.4, -0.2) is 37.7 Å². The lowest BCUT2D eigenvalue weighted by atomic mass is 10.2. The average molecular weight is 336 g/mol. The highest BCUT2D eigenvalue weighted by Crippen LogP contribution is 2.25. The fourth-order valence-corrected chi connectivity index (χ4v) is 3.99. The molecule has 1 aromatic carbocycles. The van der Waals surface area contributed by atoms with E-state index in [9.17, 15) is 4.79 Å². The Balaban J connectivity index is 1.61. The second kappa shape index (κ2) is 6.06. The Hall–Kier alpha value is -2.56. The van der Waals surface area contributed by atoms with E-state index in [4.69, 9.17) is 0 Å². The van der Waals surface area contributed by atoms with Crippen LogP contribution in [0.4, 0.5) is 0 Å². The molecule has 3 aromatic rings. The molecule has 0 bridgehead atoms. The molecule has 1 aliphatic rings. The SMILES string of the molecule is Cc1cc(C)n(C[C@H]2CCCN2C(=O)c2cc3ccccc3n2C)n1. The highest BCUT2D eigenvalue weighted by Gasteiger charge is 2.31. The molecular formula is C20H24N4O. The minimum Gasteiger partial charge on any atom is -0.340 e. The van der Waals surface area contributed by atoms with Crippen LogP contribution in [0, 0.1) is 13.8 Å². The van der Waals surface area contributed by atoms with Gasteiger partial charge in [0.15, 0.2) is 0 Å². The van der Waals surface area contributed by atoms with Crippen LogP contribution < -0.4 is 0 Å². The quantitative estimate of drug-likeness (QED) is 0.736. The van der Waals surface area contributed by atoms with E-state index >= 15 is 0 Å². The molecule has 1 fully saturated rings. The molecule has 25 heavy (non-hydrogen) atoms. The molecule has 0 N–H and O–H groups in total. The Labute approximate surface area is 147 Å². The summed E-state index contributed by atoms with van der Waals surface area (Å²) in [5, 5.41) is 5.68. The Morgan fingerprint density at radius 2 is 2.04 bits per heavy atom. The lowest BCUT2D eigenvalue weighted by molar-refractivity contribution is 0.0712. The van der Waals surface area contributed by atoms with Crippen LogP contribution in [0.1, 0.15) is 34.7 Å². The van der Waals surface area contributed by atoms with Gasteiger partial charge >= 0.3 is 0 Å². The van der Waals surface area contributed by atoms with Crippen LogP contribution in [0.2, 0.25) is 0 Å². The molecular weight excluding hydrogens is 312 g/mol. The summed E-state index contributed by atoms with van der Waals surface area (Å²) in [4.78, 5) is 15.2. The number of hydrogen-bond donors (Lipinski definition) is 0. The van der Waals surface area contributed by atoms with Crippen LogP contribution in [0.15, 0.2) is 36.4 Å². The molecule has 0 spiro atoms. The first kappa shape index (κ1) is 15.9. The Bertz CT molecular complexity index is 936. The zero-order chi connectivity index (χ0) is 17.6. The second-order valence-electron chi connectivity index (χ2n) is 7.05. The number of rotatable bonds is 3. The summed E-state index contributed by atoms with van der Waals surface area (Å²) in [5.41, 5.74) is 4.05. The van der Waals surface area contributed by atoms with Gasteiger partial charge in [-0.05, 0) is 44.9 Å². The maximum Gasteiger partial charge on any atom is 0.270 e. The third-order valence-corrected chi connectivity index (χ3v) is 5.30. The van der Waals surface area contributed by atoms with Gasteiger partial charge in [-0.25, -0.2) is 0 Å². The number of amides is 1. The number of nitrogens with zero attached hydrogens (tertiary/aromatic N) is 4. The lowest BCUT2D eigenvalue weighted by Gasteiger charge is -2.25. The third-order valence-electron chi connectivity index (χ3n) is 5.30. The number of likely N-dealkylation sites (tertiary alicyclic amines) is 1. The minimum atomic E-state index is 0.128. The van der Waals surface area contributed by atoms with E-state index in [-0.39, 0.29) is 11.9 Å². The van der Waals surface area contributed by atoms with Crippen molar-refractivity contribution in [2.24, 2.45) is 7.05 Å². The molecule has 1 aliphatic heterocycles. The van der Waals surface area contributed by atoms with Gasteiger partial charge in [0.25, 0.3) is 5.91 Å². The molecule has 5 heteroatoms. The van der Waals surface area contributed by atoms with E-state index in [0.29, 0.717) is 0 Å². The molecule has 0 unspecified atom stereocenters. The average Bonchev–Trinajstić information content (AvgIpc) is 3.27. The first-order valence-electron chi connectivity index (χ1n) is 8.91. The largest absolute Gasteiger partial charge is 0.340 e. The molecule has 5 nitrogen and oxygen atoms in total. The number of para-hydroxylation sites is 1. The zero-order valence-corrected chi connectivity index (χ0v) is 15.1. The van der Waals surface area contributed by atoms with Crippen LogP contribution in [0.25, 0.3) is 10.9 Å². The Kier molecular flexibility index (Phi) is 3.86. The molecule has 1 saturated heterocycles. The third kappa shape index (κ3) is 2.73. The van der Waals surface area contributed by atoms with E-state index in [2.05, 4.69) is 30.2 Å². The number of hydrogen-bond acceptors (Lipinski definition) is 2. The second-order valence-corrected chi connectivity index (χ2v) is 7.05. The highest BCUT2D eigenvalue weighted by molar-refractivity contribution is 5.99. The predicted molar refractivity (Wildman–Crippen MR) is 98.7 cm³/mol. The van der Waals surface area contributed by atoms with Gasteiger partial charge in [-0.15, -0.1) is 0 Å². The van der Waals surface area contributed by atoms with Crippen molar-refractivity contribution < 1.29 is 4.79 Å². The number of carbonyl (C=O) groups is 1. The number of fused-ring (bicyclic) bond motifs is 1. The highest BCUT2D eigenvalue weighted by atomic mass is 16.2. The maximum atomic E-state index is 13.2. The summed E-state index contributed by atoms with van der Waals surface area (Å²) in [7, 11) is 1.97. The monoisotopic (exact) mass is 336 g/mol. The Morgan fingerprint density at radius 3 is 2.76 bits per heavy atom. The smallest absolute Gasteiger partial charge is 0.270 e. The van der Waals surface area contributed by atoms with E-state index < -0.39 is 0 Å². The zero-order valence-electron chi connectivity index (χ0n) is 15.1. The predicted octanol–water partition coefficient (Wildman–Crippen LogP) is 3.30. The minimum absolute atomic E-state index is 0.128. The number of aromatic nitrogens is 3. The molecule has 0 aliphatic carbocycles. The molecule has 2 aromatic heterocycles. The molecule has 1 atom stereocenters. The van der Waals surface area contributed by atoms with Crippen molar-refractivity contribution in [2.45, 2.75) is 39.3 Å². The fraction of sp³-hybridized carbons (Fsp3) is 0.400. The van der Waals surface area contributed by atoms with Gasteiger partial charge in [-0.2, -0.15) is 5.10 Å². The van der Waals surface area contributed by atoms with Crippen molar-refractivity contribution >= 4 is 16.8 Å².